The van der Waals surface area contributed by atoms with Gasteiger partial charge in [0.2, 0.25) is 0 Å². The number of fused-ring (bicyclic) bond motifs is 2. The second-order valence-electron chi connectivity index (χ2n) is 8.62. The molecule has 0 amide bonds. The SMILES string of the molecule is N#CC1(c2ccncc2)CC2CCC(C1)N2C(c1ccccc1Cl)c1ccccc1Cl. The fourth-order valence-electron chi connectivity index (χ4n) is 5.65. The maximum absolute atomic E-state index is 10.3. The van der Waals surface area contributed by atoms with Crippen molar-refractivity contribution in [1.82, 2.24) is 9.88 Å². The van der Waals surface area contributed by atoms with Crippen LogP contribution < -0.4 is 0 Å². The highest BCUT2D eigenvalue weighted by Crippen LogP contribution is 2.52. The standard InChI is InChI=1S/C26H23Cl2N3/c27-23-7-3-1-5-21(23)25(22-6-2-4-8-24(22)28)31-19-9-10-20(31)16-26(15-19,17-29)18-11-13-30-14-12-18/h1-8,11-14,19-20,25H,9-10,15-16H2. The van der Waals surface area contributed by atoms with Gasteiger partial charge >= 0.3 is 0 Å². The highest BCUT2D eigenvalue weighted by molar-refractivity contribution is 6.32. The zero-order chi connectivity index (χ0) is 21.4. The highest BCUT2D eigenvalue weighted by atomic mass is 35.5. The maximum Gasteiger partial charge on any atom is 0.0853 e. The first-order chi connectivity index (χ1) is 15.1. The lowest BCUT2D eigenvalue weighted by molar-refractivity contribution is 0.0752. The molecular formula is C26H23Cl2N3. The summed E-state index contributed by atoms with van der Waals surface area (Å²) in [6, 6.07) is 23.3. The Balaban J connectivity index is 1.59. The molecule has 156 valence electrons. The summed E-state index contributed by atoms with van der Waals surface area (Å²) < 4.78 is 0. The molecule has 2 unspecified atom stereocenters. The molecule has 0 saturated carbocycles. The lowest BCUT2D eigenvalue weighted by atomic mass is 9.70. The molecule has 1 aromatic heterocycles. The molecule has 2 bridgehead atoms. The Morgan fingerprint density at radius 2 is 1.39 bits per heavy atom. The normalized spacial score (nSPS) is 25.5. The van der Waals surface area contributed by atoms with Crippen molar-refractivity contribution in [2.75, 3.05) is 0 Å². The first kappa shape index (κ1) is 20.5. The molecule has 31 heavy (non-hydrogen) atoms. The quantitative estimate of drug-likeness (QED) is 0.454. The number of pyridine rings is 1. The van der Waals surface area contributed by atoms with E-state index in [0.29, 0.717) is 0 Å². The van der Waals surface area contributed by atoms with Crippen LogP contribution in [0.5, 0.6) is 0 Å². The van der Waals surface area contributed by atoms with E-state index in [2.05, 4.69) is 28.1 Å². The number of nitriles is 1. The third kappa shape index (κ3) is 3.53. The third-order valence-electron chi connectivity index (χ3n) is 6.99. The van der Waals surface area contributed by atoms with Crippen molar-refractivity contribution < 1.29 is 0 Å². The summed E-state index contributed by atoms with van der Waals surface area (Å²) in [6.45, 7) is 0. The summed E-state index contributed by atoms with van der Waals surface area (Å²) in [4.78, 5) is 6.73. The third-order valence-corrected chi connectivity index (χ3v) is 7.68. The summed E-state index contributed by atoms with van der Waals surface area (Å²) in [7, 11) is 0. The van der Waals surface area contributed by atoms with Gasteiger partial charge in [-0.2, -0.15) is 5.26 Å². The number of hydrogen-bond donors (Lipinski definition) is 0. The Hall–Kier alpha value is -2.38. The molecule has 0 N–H and O–H groups in total. The summed E-state index contributed by atoms with van der Waals surface area (Å²) >= 11 is 13.4. The fraction of sp³-hybridized carbons (Fsp3) is 0.308. The van der Waals surface area contributed by atoms with Crippen molar-refractivity contribution in [1.29, 1.82) is 5.26 Å². The molecule has 0 radical (unpaired) electrons. The zero-order valence-corrected chi connectivity index (χ0v) is 18.6. The van der Waals surface area contributed by atoms with Crippen molar-refractivity contribution in [2.24, 2.45) is 0 Å². The molecule has 2 atom stereocenters. The molecule has 3 nitrogen and oxygen atoms in total. The Labute approximate surface area is 193 Å². The molecule has 0 spiro atoms. The van der Waals surface area contributed by atoms with Crippen LogP contribution in [0.15, 0.2) is 73.1 Å². The van der Waals surface area contributed by atoms with Crippen LogP contribution in [0, 0.1) is 11.3 Å². The van der Waals surface area contributed by atoms with Crippen LogP contribution in [0.3, 0.4) is 0 Å². The average molecular weight is 448 g/mol. The number of rotatable bonds is 4. The molecule has 5 rings (SSSR count). The second kappa shape index (κ2) is 8.28. The van der Waals surface area contributed by atoms with E-state index in [4.69, 9.17) is 23.2 Å². The Bertz CT molecular complexity index is 1070. The lowest BCUT2D eigenvalue weighted by Gasteiger charge is -2.47. The number of aromatic nitrogens is 1. The van der Waals surface area contributed by atoms with Gasteiger partial charge in [-0.25, -0.2) is 0 Å². The van der Waals surface area contributed by atoms with Crippen LogP contribution in [0.1, 0.15) is 48.4 Å². The number of hydrogen-bond acceptors (Lipinski definition) is 3. The molecule has 2 fully saturated rings. The predicted molar refractivity (Wildman–Crippen MR) is 124 cm³/mol. The van der Waals surface area contributed by atoms with E-state index >= 15 is 0 Å². The first-order valence-corrected chi connectivity index (χ1v) is 11.5. The molecule has 2 aliphatic rings. The van der Waals surface area contributed by atoms with Crippen LogP contribution in [-0.2, 0) is 5.41 Å². The van der Waals surface area contributed by atoms with Crippen LogP contribution in [0.25, 0.3) is 0 Å². The lowest BCUT2D eigenvalue weighted by Crippen LogP contribution is -2.50. The topological polar surface area (TPSA) is 39.9 Å². The number of piperidine rings is 1. The molecule has 2 aromatic carbocycles. The van der Waals surface area contributed by atoms with Crippen molar-refractivity contribution in [3.63, 3.8) is 0 Å². The summed E-state index contributed by atoms with van der Waals surface area (Å²) in [6.07, 6.45) is 7.33. The van der Waals surface area contributed by atoms with E-state index in [1.54, 1.807) is 12.4 Å². The Morgan fingerprint density at radius 1 is 0.871 bits per heavy atom. The molecule has 3 heterocycles. The average Bonchev–Trinajstić information content (AvgIpc) is 3.06. The molecule has 2 saturated heterocycles. The van der Waals surface area contributed by atoms with Gasteiger partial charge < -0.3 is 0 Å². The minimum absolute atomic E-state index is 0.0333. The van der Waals surface area contributed by atoms with Gasteiger partial charge in [-0.15, -0.1) is 0 Å². The van der Waals surface area contributed by atoms with E-state index < -0.39 is 5.41 Å². The smallest absolute Gasteiger partial charge is 0.0853 e. The van der Waals surface area contributed by atoms with Gasteiger partial charge in [0.25, 0.3) is 0 Å². The Morgan fingerprint density at radius 3 is 1.87 bits per heavy atom. The number of nitrogens with zero attached hydrogens (tertiary/aromatic N) is 3. The van der Waals surface area contributed by atoms with E-state index in [1.165, 1.54) is 0 Å². The second-order valence-corrected chi connectivity index (χ2v) is 9.43. The fourth-order valence-corrected chi connectivity index (χ4v) is 6.13. The van der Waals surface area contributed by atoms with Crippen LogP contribution >= 0.6 is 23.2 Å². The molecule has 3 aromatic rings. The van der Waals surface area contributed by atoms with Crippen LogP contribution in [0.2, 0.25) is 10.0 Å². The minimum Gasteiger partial charge on any atom is -0.286 e. The monoisotopic (exact) mass is 447 g/mol. The Kier molecular flexibility index (Phi) is 5.48. The number of benzene rings is 2. The van der Waals surface area contributed by atoms with Crippen molar-refractivity contribution in [2.45, 2.75) is 49.2 Å². The molecule has 5 heteroatoms. The highest BCUT2D eigenvalue weighted by Gasteiger charge is 2.52. The van der Waals surface area contributed by atoms with Gasteiger partial charge in [0.1, 0.15) is 0 Å². The van der Waals surface area contributed by atoms with Crippen molar-refractivity contribution >= 4 is 23.2 Å². The first-order valence-electron chi connectivity index (χ1n) is 10.7. The van der Waals surface area contributed by atoms with Gasteiger partial charge in [-0.1, -0.05) is 59.6 Å². The van der Waals surface area contributed by atoms with E-state index in [9.17, 15) is 5.26 Å². The van der Waals surface area contributed by atoms with E-state index in [1.807, 2.05) is 48.5 Å². The van der Waals surface area contributed by atoms with Gasteiger partial charge in [0.15, 0.2) is 0 Å². The molecule has 0 aliphatic carbocycles. The van der Waals surface area contributed by atoms with Crippen molar-refractivity contribution in [3.8, 4) is 6.07 Å². The van der Waals surface area contributed by atoms with Crippen molar-refractivity contribution in [3.05, 3.63) is 99.8 Å². The van der Waals surface area contributed by atoms with Gasteiger partial charge in [-0.3, -0.25) is 9.88 Å². The molecule has 2 aliphatic heterocycles. The van der Waals surface area contributed by atoms with Gasteiger partial charge in [0, 0.05) is 34.5 Å². The van der Waals surface area contributed by atoms with Gasteiger partial charge in [-0.05, 0) is 66.6 Å². The maximum atomic E-state index is 10.3. The van der Waals surface area contributed by atoms with E-state index in [-0.39, 0.29) is 18.1 Å². The van der Waals surface area contributed by atoms with Crippen LogP contribution in [-0.4, -0.2) is 22.0 Å². The molecular weight excluding hydrogens is 425 g/mol. The van der Waals surface area contributed by atoms with Crippen LogP contribution in [0.4, 0.5) is 0 Å². The summed E-state index contributed by atoms with van der Waals surface area (Å²) in [5.41, 5.74) is 2.75. The minimum atomic E-state index is -0.475. The zero-order valence-electron chi connectivity index (χ0n) is 17.1. The summed E-state index contributed by atoms with van der Waals surface area (Å²) in [5.74, 6) is 0. The number of halogens is 2. The van der Waals surface area contributed by atoms with E-state index in [0.717, 1.165) is 52.4 Å². The summed E-state index contributed by atoms with van der Waals surface area (Å²) in [5, 5.41) is 11.8. The predicted octanol–water partition coefficient (Wildman–Crippen LogP) is 6.57. The van der Waals surface area contributed by atoms with Gasteiger partial charge in [0.05, 0.1) is 17.5 Å². The largest absolute Gasteiger partial charge is 0.286 e.